The van der Waals surface area contributed by atoms with Crippen molar-refractivity contribution in [3.63, 3.8) is 0 Å². The van der Waals surface area contributed by atoms with Crippen LogP contribution in [0.1, 0.15) is 13.7 Å². The van der Waals surface area contributed by atoms with Crippen molar-refractivity contribution in [2.75, 3.05) is 0 Å². The van der Waals surface area contributed by atoms with E-state index in [9.17, 15) is 0 Å². The summed E-state index contributed by atoms with van der Waals surface area (Å²) in [5, 5.41) is 8.37. The minimum absolute atomic E-state index is 0.0517. The van der Waals surface area contributed by atoms with E-state index in [0.29, 0.717) is 21.9 Å². The zero-order chi connectivity index (χ0) is 58.4. The van der Waals surface area contributed by atoms with E-state index in [0.717, 1.165) is 66.5 Å². The predicted octanol–water partition coefficient (Wildman–Crippen LogP) is 15.9. The van der Waals surface area contributed by atoms with E-state index in [2.05, 4.69) is 215 Å². The van der Waals surface area contributed by atoms with Gasteiger partial charge in [-0.15, -0.1) is 0 Å². The van der Waals surface area contributed by atoms with Crippen molar-refractivity contribution in [3.05, 3.63) is 303 Å². The van der Waals surface area contributed by atoms with Crippen molar-refractivity contribution in [1.82, 2.24) is 9.13 Å². The van der Waals surface area contributed by atoms with Crippen molar-refractivity contribution >= 4 is 72.4 Å². The minimum atomic E-state index is -3.10. The molecule has 14 aromatic rings. The summed E-state index contributed by atoms with van der Waals surface area (Å²) in [5.74, 6) is 0. The summed E-state index contributed by atoms with van der Waals surface area (Å²) in [6.07, 6.45) is 0. The van der Waals surface area contributed by atoms with E-state index in [4.69, 9.17) is 13.7 Å². The number of benzene rings is 12. The third-order valence-electron chi connectivity index (χ3n) is 14.8. The van der Waals surface area contributed by atoms with Gasteiger partial charge in [-0.1, -0.05) is 255 Å². The molecule has 3 heteroatoms. The van der Waals surface area contributed by atoms with Gasteiger partial charge < -0.3 is 9.13 Å². The summed E-state index contributed by atoms with van der Waals surface area (Å²) >= 11 is 0. The molecule has 0 bridgehead atoms. The SMILES string of the molecule is [2H]c1c([2H])c([2H])c(-c2ccc3c(c2)c2cc(-c4c([2H])c([2H])c([2H])c([2H])c4[2H])ccc2n3-c2ccc3c(c2)c2ccccc2n3-c2c(-c3ccccc3)cc([Si](c3ccccc3)(c3ccccc3)c3ccccc3)cc2-c2ccccc2)c([2H])c1[2H]. The quantitative estimate of drug-likeness (QED) is 0.0955. The summed E-state index contributed by atoms with van der Waals surface area (Å²) in [7, 11) is -3.10. The lowest BCUT2D eigenvalue weighted by Gasteiger charge is -2.36. The van der Waals surface area contributed by atoms with Gasteiger partial charge in [0.15, 0.2) is 8.07 Å². The first-order chi connectivity index (χ1) is 41.4. The summed E-state index contributed by atoms with van der Waals surface area (Å²) in [6, 6.07) is 81.2. The van der Waals surface area contributed by atoms with E-state index in [1.54, 1.807) is 12.1 Å². The molecular formula is C72H50N2Si. The first kappa shape index (κ1) is 34.8. The zero-order valence-corrected chi connectivity index (χ0v) is 41.5. The molecule has 0 saturated carbocycles. The third kappa shape index (κ3) is 7.39. The average Bonchev–Trinajstić information content (AvgIpc) is 1.91. The Balaban J connectivity index is 1.06. The lowest BCUT2D eigenvalue weighted by molar-refractivity contribution is 1.17. The van der Waals surface area contributed by atoms with Gasteiger partial charge in [0.25, 0.3) is 0 Å². The Labute approximate surface area is 452 Å². The lowest BCUT2D eigenvalue weighted by Crippen LogP contribution is -2.74. The van der Waals surface area contributed by atoms with Gasteiger partial charge in [0.05, 0.1) is 41.5 Å². The fourth-order valence-electron chi connectivity index (χ4n) is 11.6. The van der Waals surface area contributed by atoms with Crippen molar-refractivity contribution in [2.24, 2.45) is 0 Å². The van der Waals surface area contributed by atoms with E-state index in [-0.39, 0.29) is 35.3 Å². The minimum Gasteiger partial charge on any atom is -0.309 e. The van der Waals surface area contributed by atoms with Crippen LogP contribution >= 0.6 is 0 Å². The smallest absolute Gasteiger partial charge is 0.179 e. The van der Waals surface area contributed by atoms with Gasteiger partial charge in [0.1, 0.15) is 0 Å². The van der Waals surface area contributed by atoms with Crippen LogP contribution in [0.3, 0.4) is 0 Å². The highest BCUT2D eigenvalue weighted by Gasteiger charge is 2.42. The summed E-state index contributed by atoms with van der Waals surface area (Å²) in [6.45, 7) is 0. The molecule has 0 fully saturated rings. The first-order valence-corrected chi connectivity index (χ1v) is 27.1. The van der Waals surface area contributed by atoms with Gasteiger partial charge in [0, 0.05) is 38.4 Å². The highest BCUT2D eigenvalue weighted by Crippen LogP contribution is 2.43. The molecule has 12 aromatic carbocycles. The van der Waals surface area contributed by atoms with E-state index >= 15 is 0 Å². The second kappa shape index (κ2) is 18.5. The summed E-state index contributed by atoms with van der Waals surface area (Å²) in [4.78, 5) is 0. The Bertz CT molecular complexity index is 4650. The van der Waals surface area contributed by atoms with Gasteiger partial charge in [-0.25, -0.2) is 0 Å². The third-order valence-corrected chi connectivity index (χ3v) is 19.6. The monoisotopic (exact) mass is 980 g/mol. The molecule has 0 aliphatic heterocycles. The molecule has 2 nitrogen and oxygen atoms in total. The molecule has 2 heterocycles. The predicted molar refractivity (Wildman–Crippen MR) is 320 cm³/mol. The van der Waals surface area contributed by atoms with Gasteiger partial charge in [0.2, 0.25) is 0 Å². The first-order valence-electron chi connectivity index (χ1n) is 30.1. The van der Waals surface area contributed by atoms with Crippen molar-refractivity contribution in [3.8, 4) is 55.9 Å². The molecule has 0 unspecified atom stereocenters. The maximum Gasteiger partial charge on any atom is 0.179 e. The van der Waals surface area contributed by atoms with Crippen LogP contribution in [0, 0.1) is 0 Å². The Morgan fingerprint density at radius 2 is 0.653 bits per heavy atom. The zero-order valence-electron chi connectivity index (χ0n) is 50.5. The molecule has 0 N–H and O–H groups in total. The number of nitrogens with zero attached hydrogens (tertiary/aromatic N) is 2. The molecule has 2 aromatic heterocycles. The van der Waals surface area contributed by atoms with Gasteiger partial charge in [-0.3, -0.25) is 0 Å². The number of hydrogen-bond donors (Lipinski definition) is 0. The number of para-hydroxylation sites is 1. The fraction of sp³-hybridized carbons (Fsp3) is 0. The van der Waals surface area contributed by atoms with Crippen molar-refractivity contribution in [2.45, 2.75) is 0 Å². The van der Waals surface area contributed by atoms with Crippen LogP contribution in [0.4, 0.5) is 0 Å². The molecule has 0 aliphatic rings. The Morgan fingerprint density at radius 1 is 0.267 bits per heavy atom. The van der Waals surface area contributed by atoms with Crippen LogP contribution in [0.25, 0.3) is 99.5 Å². The highest BCUT2D eigenvalue weighted by molar-refractivity contribution is 7.20. The number of rotatable bonds is 10. The largest absolute Gasteiger partial charge is 0.309 e. The summed E-state index contributed by atoms with van der Waals surface area (Å²) < 4.78 is 91.1. The molecule has 75 heavy (non-hydrogen) atoms. The van der Waals surface area contributed by atoms with Crippen molar-refractivity contribution in [1.29, 1.82) is 0 Å². The van der Waals surface area contributed by atoms with E-state index < -0.39 is 44.3 Å². The Kier molecular flexibility index (Phi) is 8.57. The van der Waals surface area contributed by atoms with Gasteiger partial charge >= 0.3 is 0 Å². The van der Waals surface area contributed by atoms with Crippen molar-refractivity contribution < 1.29 is 13.7 Å². The van der Waals surface area contributed by atoms with Crippen LogP contribution in [0.5, 0.6) is 0 Å². The second-order valence-electron chi connectivity index (χ2n) is 18.9. The normalized spacial score (nSPS) is 13.6. The Hall–Kier alpha value is -9.54. The maximum atomic E-state index is 8.94. The van der Waals surface area contributed by atoms with Gasteiger partial charge in [-0.05, 0) is 103 Å². The Morgan fingerprint density at radius 3 is 1.13 bits per heavy atom. The number of fused-ring (bicyclic) bond motifs is 6. The molecular weight excluding hydrogens is 921 g/mol. The van der Waals surface area contributed by atoms with Gasteiger partial charge in [-0.2, -0.15) is 0 Å². The topological polar surface area (TPSA) is 9.86 Å². The molecule has 0 amide bonds. The number of aromatic nitrogens is 2. The van der Waals surface area contributed by atoms with Crippen LogP contribution in [-0.4, -0.2) is 17.2 Å². The fourth-order valence-corrected chi connectivity index (χ4v) is 16.4. The molecule has 0 aliphatic carbocycles. The van der Waals surface area contributed by atoms with Crippen LogP contribution in [0.2, 0.25) is 0 Å². The molecule has 14 rings (SSSR count). The van der Waals surface area contributed by atoms with Crippen LogP contribution in [-0.2, 0) is 0 Å². The average molecular weight is 981 g/mol. The number of hydrogen-bond acceptors (Lipinski definition) is 0. The summed E-state index contributed by atoms with van der Waals surface area (Å²) in [5.41, 5.74) is 10.5. The second-order valence-corrected chi connectivity index (χ2v) is 22.7. The standard InChI is InChI=1S/C72H50N2Si/c1-8-24-51(25-9-1)55-40-43-69-65(46-55)66-47-56(52-26-10-2-11-27-52)41-44-70(66)73(69)57-42-45-71-67(48-57)62-38-22-23-39-68(62)74(71)72-63(53-28-12-3-13-29-53)49-61(50-64(72)54-30-14-4-15-31-54)75(58-32-16-5-17-33-58,59-34-18-6-19-35-59)60-36-20-7-21-37-60/h1-50H/i1D,2D,8D,9D,10D,11D,24D,25D,26D,27D. The van der Waals surface area contributed by atoms with E-state index in [1.807, 2.05) is 24.3 Å². The van der Waals surface area contributed by atoms with Crippen LogP contribution in [0.15, 0.2) is 303 Å². The molecule has 0 atom stereocenters. The molecule has 352 valence electrons. The van der Waals surface area contributed by atoms with E-state index in [1.165, 1.54) is 20.7 Å². The maximum absolute atomic E-state index is 8.94. The molecule has 0 spiro atoms. The van der Waals surface area contributed by atoms with Crippen LogP contribution < -0.4 is 20.7 Å². The molecule has 0 radical (unpaired) electrons. The highest BCUT2D eigenvalue weighted by atomic mass is 28.3. The molecule has 0 saturated heterocycles. The lowest BCUT2D eigenvalue weighted by atomic mass is 9.95.